The molecule has 0 unspecified atom stereocenters. The van der Waals surface area contributed by atoms with Crippen LogP contribution in [0.2, 0.25) is 0 Å². The van der Waals surface area contributed by atoms with E-state index < -0.39 is 12.1 Å². The molecule has 156 valence electrons. The highest BCUT2D eigenvalue weighted by atomic mass is 16.5. The maximum atomic E-state index is 12.7. The van der Waals surface area contributed by atoms with Gasteiger partial charge in [-0.15, -0.1) is 0 Å². The minimum absolute atomic E-state index is 0.000435. The van der Waals surface area contributed by atoms with Crippen LogP contribution in [-0.2, 0) is 22.6 Å². The topological polar surface area (TPSA) is 122 Å². The first-order valence-electron chi connectivity index (χ1n) is 9.67. The standard InChI is InChI=1S/C21H22N4O5/c1-13-8-17(29-24-13)10-20(27)25-12-16(26)9-18(25)21(28)22-11-14-2-4-15(5-3-14)19-6-7-23-30-19/h2-8,16,18,26H,9-12H2,1H3,(H,22,28)/t16-,18+/m1/s1. The number of nitrogens with zero attached hydrogens (tertiary/aromatic N) is 3. The van der Waals surface area contributed by atoms with Crippen molar-refractivity contribution in [1.82, 2.24) is 20.5 Å². The number of aryl methyl sites for hydroxylation is 1. The number of β-amino-alcohol motifs (C(OH)–C–C–N with tert-alkyl or cyclic N) is 1. The normalized spacial score (nSPS) is 18.5. The van der Waals surface area contributed by atoms with Gasteiger partial charge in [0, 0.05) is 37.2 Å². The van der Waals surface area contributed by atoms with Gasteiger partial charge in [-0.05, 0) is 12.5 Å². The summed E-state index contributed by atoms with van der Waals surface area (Å²) >= 11 is 0. The van der Waals surface area contributed by atoms with E-state index in [1.807, 2.05) is 24.3 Å². The Hall–Kier alpha value is -3.46. The highest BCUT2D eigenvalue weighted by Gasteiger charge is 2.38. The smallest absolute Gasteiger partial charge is 0.243 e. The van der Waals surface area contributed by atoms with Crippen LogP contribution in [0.3, 0.4) is 0 Å². The van der Waals surface area contributed by atoms with Crippen molar-refractivity contribution in [2.75, 3.05) is 6.54 Å². The summed E-state index contributed by atoms with van der Waals surface area (Å²) in [4.78, 5) is 26.8. The summed E-state index contributed by atoms with van der Waals surface area (Å²) in [6.45, 7) is 2.20. The first-order valence-corrected chi connectivity index (χ1v) is 9.67. The Morgan fingerprint density at radius 1 is 1.23 bits per heavy atom. The molecule has 2 aromatic heterocycles. The molecule has 1 aliphatic rings. The molecule has 0 radical (unpaired) electrons. The van der Waals surface area contributed by atoms with E-state index >= 15 is 0 Å². The van der Waals surface area contributed by atoms with Crippen LogP contribution < -0.4 is 5.32 Å². The lowest BCUT2D eigenvalue weighted by atomic mass is 10.1. The van der Waals surface area contributed by atoms with E-state index in [-0.39, 0.29) is 31.2 Å². The summed E-state index contributed by atoms with van der Waals surface area (Å²) in [6.07, 6.45) is 1.05. The van der Waals surface area contributed by atoms with Gasteiger partial charge in [0.25, 0.3) is 0 Å². The number of hydrogen-bond acceptors (Lipinski definition) is 7. The van der Waals surface area contributed by atoms with Crippen molar-refractivity contribution in [2.45, 2.75) is 38.5 Å². The molecule has 9 nitrogen and oxygen atoms in total. The van der Waals surface area contributed by atoms with Crippen molar-refractivity contribution >= 4 is 11.8 Å². The molecule has 1 fully saturated rings. The lowest BCUT2D eigenvalue weighted by Crippen LogP contribution is -2.46. The molecule has 0 saturated carbocycles. The van der Waals surface area contributed by atoms with Gasteiger partial charge in [0.05, 0.1) is 24.4 Å². The average molecular weight is 410 g/mol. The quantitative estimate of drug-likeness (QED) is 0.631. The maximum Gasteiger partial charge on any atom is 0.243 e. The van der Waals surface area contributed by atoms with E-state index in [2.05, 4.69) is 15.6 Å². The van der Waals surface area contributed by atoms with Gasteiger partial charge in [-0.1, -0.05) is 34.6 Å². The second-order valence-corrected chi connectivity index (χ2v) is 7.35. The number of amides is 2. The second-order valence-electron chi connectivity index (χ2n) is 7.35. The lowest BCUT2D eigenvalue weighted by Gasteiger charge is -2.23. The number of aromatic nitrogens is 2. The lowest BCUT2D eigenvalue weighted by molar-refractivity contribution is -0.138. The molecule has 0 spiro atoms. The number of benzene rings is 1. The van der Waals surface area contributed by atoms with Crippen molar-refractivity contribution in [1.29, 1.82) is 0 Å². The van der Waals surface area contributed by atoms with Crippen LogP contribution in [0.1, 0.15) is 23.4 Å². The molecule has 2 amide bonds. The third kappa shape index (κ3) is 4.41. The molecule has 4 rings (SSSR count). The Labute approximate surface area is 172 Å². The summed E-state index contributed by atoms with van der Waals surface area (Å²) in [7, 11) is 0. The maximum absolute atomic E-state index is 12.7. The van der Waals surface area contributed by atoms with Crippen molar-refractivity contribution in [3.63, 3.8) is 0 Å². The molecule has 3 heterocycles. The number of aliphatic hydroxyl groups is 1. The second kappa shape index (κ2) is 8.50. The van der Waals surface area contributed by atoms with Crippen LogP contribution in [-0.4, -0.2) is 50.8 Å². The van der Waals surface area contributed by atoms with Crippen molar-refractivity contribution in [2.24, 2.45) is 0 Å². The number of likely N-dealkylation sites (tertiary alicyclic amines) is 1. The van der Waals surface area contributed by atoms with E-state index in [1.165, 1.54) is 4.90 Å². The van der Waals surface area contributed by atoms with E-state index in [9.17, 15) is 14.7 Å². The number of rotatable bonds is 6. The fourth-order valence-corrected chi connectivity index (χ4v) is 3.55. The van der Waals surface area contributed by atoms with Crippen LogP contribution >= 0.6 is 0 Å². The molecule has 3 aromatic rings. The average Bonchev–Trinajstić information content (AvgIpc) is 3.48. The van der Waals surface area contributed by atoms with Gasteiger partial charge >= 0.3 is 0 Å². The summed E-state index contributed by atoms with van der Waals surface area (Å²) in [6, 6.07) is 10.3. The largest absolute Gasteiger partial charge is 0.391 e. The van der Waals surface area contributed by atoms with Crippen molar-refractivity contribution in [3.8, 4) is 11.3 Å². The van der Waals surface area contributed by atoms with E-state index in [1.54, 1.807) is 25.3 Å². The zero-order valence-corrected chi connectivity index (χ0v) is 16.4. The highest BCUT2D eigenvalue weighted by molar-refractivity contribution is 5.89. The van der Waals surface area contributed by atoms with Crippen LogP contribution in [0, 0.1) is 6.92 Å². The molecular formula is C21H22N4O5. The minimum Gasteiger partial charge on any atom is -0.391 e. The van der Waals surface area contributed by atoms with Crippen LogP contribution in [0.5, 0.6) is 0 Å². The predicted molar refractivity (Wildman–Crippen MR) is 105 cm³/mol. The van der Waals surface area contributed by atoms with Crippen LogP contribution in [0.4, 0.5) is 0 Å². The SMILES string of the molecule is Cc1cc(CC(=O)N2C[C@H](O)C[C@H]2C(=O)NCc2ccc(-c3ccno3)cc2)on1. The number of carbonyl (C=O) groups is 2. The van der Waals surface area contributed by atoms with Gasteiger partial charge in [-0.2, -0.15) is 0 Å². The fraction of sp³-hybridized carbons (Fsp3) is 0.333. The van der Waals surface area contributed by atoms with E-state index in [0.717, 1.165) is 11.1 Å². The van der Waals surface area contributed by atoms with Gasteiger partial charge in [0.2, 0.25) is 11.8 Å². The third-order valence-electron chi connectivity index (χ3n) is 5.05. The van der Waals surface area contributed by atoms with E-state index in [0.29, 0.717) is 23.8 Å². The van der Waals surface area contributed by atoms with Gasteiger partial charge in [-0.3, -0.25) is 9.59 Å². The van der Waals surface area contributed by atoms with Crippen molar-refractivity contribution in [3.05, 3.63) is 59.6 Å². The van der Waals surface area contributed by atoms with Crippen LogP contribution in [0.15, 0.2) is 51.6 Å². The number of carbonyl (C=O) groups excluding carboxylic acids is 2. The highest BCUT2D eigenvalue weighted by Crippen LogP contribution is 2.21. The molecule has 0 aliphatic carbocycles. The number of hydrogen-bond donors (Lipinski definition) is 2. The summed E-state index contributed by atoms with van der Waals surface area (Å²) in [5, 5.41) is 20.3. The van der Waals surface area contributed by atoms with Gasteiger partial charge in [-0.25, -0.2) is 0 Å². The summed E-state index contributed by atoms with van der Waals surface area (Å²) < 4.78 is 10.2. The van der Waals surface area contributed by atoms with Gasteiger partial charge < -0.3 is 24.4 Å². The Balaban J connectivity index is 1.36. The molecule has 1 aromatic carbocycles. The molecule has 9 heteroatoms. The summed E-state index contributed by atoms with van der Waals surface area (Å²) in [5.41, 5.74) is 2.48. The molecule has 0 bridgehead atoms. The molecule has 2 N–H and O–H groups in total. The Bertz CT molecular complexity index is 1010. The number of aliphatic hydroxyl groups excluding tert-OH is 1. The predicted octanol–water partition coefficient (Wildman–Crippen LogP) is 1.46. The molecule has 30 heavy (non-hydrogen) atoms. The van der Waals surface area contributed by atoms with Gasteiger partial charge in [0.15, 0.2) is 5.76 Å². The van der Waals surface area contributed by atoms with Crippen LogP contribution in [0.25, 0.3) is 11.3 Å². The third-order valence-corrected chi connectivity index (χ3v) is 5.05. The first kappa shape index (κ1) is 19.8. The van der Waals surface area contributed by atoms with E-state index in [4.69, 9.17) is 9.05 Å². The van der Waals surface area contributed by atoms with Gasteiger partial charge in [0.1, 0.15) is 11.8 Å². The minimum atomic E-state index is -0.734. The first-order chi connectivity index (χ1) is 14.5. The summed E-state index contributed by atoms with van der Waals surface area (Å²) in [5.74, 6) is 0.527. The Morgan fingerprint density at radius 3 is 2.70 bits per heavy atom. The zero-order valence-electron chi connectivity index (χ0n) is 16.4. The molecule has 2 atom stereocenters. The van der Waals surface area contributed by atoms with Crippen molar-refractivity contribution < 1.29 is 23.7 Å². The Kier molecular flexibility index (Phi) is 5.62. The monoisotopic (exact) mass is 410 g/mol. The Morgan fingerprint density at radius 2 is 2.03 bits per heavy atom. The zero-order chi connectivity index (χ0) is 21.1. The molecule has 1 saturated heterocycles. The number of nitrogens with one attached hydrogen (secondary N) is 1. The fourth-order valence-electron chi connectivity index (χ4n) is 3.55. The molecular weight excluding hydrogens is 388 g/mol. The molecule has 1 aliphatic heterocycles.